The van der Waals surface area contributed by atoms with Crippen LogP contribution in [0.4, 0.5) is 0 Å². The van der Waals surface area contributed by atoms with Gasteiger partial charge in [-0.05, 0) is 38.5 Å². The first kappa shape index (κ1) is 8.03. The topological polar surface area (TPSA) is 17.1 Å². The molecule has 2 fully saturated rings. The molecule has 0 saturated heterocycles. The lowest BCUT2D eigenvalue weighted by Crippen LogP contribution is -2.24. The molecule has 2 atom stereocenters. The molecule has 0 bridgehead atoms. The minimum Gasteiger partial charge on any atom is -0.299 e. The van der Waals surface area contributed by atoms with E-state index < -0.39 is 0 Å². The molecule has 2 aliphatic rings. The van der Waals surface area contributed by atoms with Crippen molar-refractivity contribution in [3.05, 3.63) is 11.6 Å². The molecule has 0 amide bonds. The summed E-state index contributed by atoms with van der Waals surface area (Å²) < 4.78 is 0. The summed E-state index contributed by atoms with van der Waals surface area (Å²) in [4.78, 5) is 11.5. The number of rotatable bonds is 0. The predicted molar refractivity (Wildman–Crippen MR) is 48.8 cm³/mol. The van der Waals surface area contributed by atoms with Crippen molar-refractivity contribution in [3.8, 4) is 0 Å². The van der Waals surface area contributed by atoms with Gasteiger partial charge in [0.2, 0.25) is 0 Å². The van der Waals surface area contributed by atoms with Crippen molar-refractivity contribution in [2.24, 2.45) is 11.8 Å². The van der Waals surface area contributed by atoms with Crippen LogP contribution in [0.1, 0.15) is 39.0 Å². The van der Waals surface area contributed by atoms with Gasteiger partial charge >= 0.3 is 0 Å². The maximum atomic E-state index is 11.5. The second kappa shape index (κ2) is 3.04. The Hall–Kier alpha value is -0.590. The van der Waals surface area contributed by atoms with E-state index in [1.807, 2.05) is 0 Å². The van der Waals surface area contributed by atoms with E-state index in [1.165, 1.54) is 12.8 Å². The fraction of sp³-hybridized carbons (Fsp3) is 0.727. The van der Waals surface area contributed by atoms with Crippen LogP contribution in [0.25, 0.3) is 0 Å². The molecule has 2 rings (SSSR count). The van der Waals surface area contributed by atoms with E-state index in [9.17, 15) is 4.79 Å². The van der Waals surface area contributed by atoms with E-state index >= 15 is 0 Å². The Labute approximate surface area is 73.8 Å². The van der Waals surface area contributed by atoms with Gasteiger partial charge in [-0.1, -0.05) is 11.6 Å². The molecule has 2 saturated carbocycles. The Morgan fingerprint density at radius 3 is 2.83 bits per heavy atom. The average Bonchev–Trinajstić information content (AvgIpc) is 2.49. The van der Waals surface area contributed by atoms with Gasteiger partial charge in [0.05, 0.1) is 0 Å². The van der Waals surface area contributed by atoms with Crippen molar-refractivity contribution in [2.75, 3.05) is 0 Å². The van der Waals surface area contributed by atoms with Gasteiger partial charge < -0.3 is 0 Å². The largest absolute Gasteiger partial charge is 0.299 e. The van der Waals surface area contributed by atoms with Crippen molar-refractivity contribution in [3.63, 3.8) is 0 Å². The van der Waals surface area contributed by atoms with Crippen LogP contribution in [0.5, 0.6) is 0 Å². The SMILES string of the molecule is C/C=C1/CC[C@@H]2C(=O)CCC[C@H]12. The highest BCUT2D eigenvalue weighted by Gasteiger charge is 2.37. The summed E-state index contributed by atoms with van der Waals surface area (Å²) in [6.07, 6.45) is 7.76. The molecule has 0 aromatic carbocycles. The Kier molecular flexibility index (Phi) is 2.03. The molecule has 66 valence electrons. The molecule has 0 aromatic rings. The van der Waals surface area contributed by atoms with Gasteiger partial charge in [-0.15, -0.1) is 0 Å². The number of carbonyl (C=O) groups excluding carboxylic acids is 1. The van der Waals surface area contributed by atoms with Crippen molar-refractivity contribution >= 4 is 5.78 Å². The predicted octanol–water partition coefficient (Wildman–Crippen LogP) is 2.71. The molecule has 0 radical (unpaired) electrons. The second-order valence-electron chi connectivity index (χ2n) is 3.97. The Balaban J connectivity index is 2.19. The second-order valence-corrected chi connectivity index (χ2v) is 3.97. The Morgan fingerprint density at radius 2 is 2.08 bits per heavy atom. The molecule has 1 nitrogen and oxygen atoms in total. The minimum absolute atomic E-state index is 0.407. The fourth-order valence-corrected chi connectivity index (χ4v) is 2.78. The van der Waals surface area contributed by atoms with Crippen LogP contribution in [-0.4, -0.2) is 5.78 Å². The summed E-state index contributed by atoms with van der Waals surface area (Å²) in [5.41, 5.74) is 1.55. The van der Waals surface area contributed by atoms with Crippen molar-refractivity contribution in [1.82, 2.24) is 0 Å². The standard InChI is InChI=1S/C11H16O/c1-2-8-6-7-10-9(8)4-3-5-11(10)12/h2,9-10H,3-7H2,1H3/b8-2-/t9-,10+/m1/s1. The van der Waals surface area contributed by atoms with Gasteiger partial charge in [0, 0.05) is 12.3 Å². The van der Waals surface area contributed by atoms with Crippen molar-refractivity contribution in [1.29, 1.82) is 0 Å². The molecular weight excluding hydrogens is 148 g/mol. The molecule has 0 aliphatic heterocycles. The molecule has 1 heteroatoms. The zero-order chi connectivity index (χ0) is 8.55. The third kappa shape index (κ3) is 1.12. The molecule has 0 unspecified atom stereocenters. The summed E-state index contributed by atoms with van der Waals surface area (Å²) in [6, 6.07) is 0. The van der Waals surface area contributed by atoms with Crippen LogP contribution in [0.2, 0.25) is 0 Å². The highest BCUT2D eigenvalue weighted by Crippen LogP contribution is 2.43. The third-order valence-corrected chi connectivity index (χ3v) is 3.43. The van der Waals surface area contributed by atoms with E-state index in [0.717, 1.165) is 19.3 Å². The van der Waals surface area contributed by atoms with Crippen LogP contribution in [0, 0.1) is 11.8 Å². The molecule has 0 N–H and O–H groups in total. The smallest absolute Gasteiger partial charge is 0.136 e. The van der Waals surface area contributed by atoms with Gasteiger partial charge in [0.15, 0.2) is 0 Å². The lowest BCUT2D eigenvalue weighted by Gasteiger charge is -2.24. The maximum Gasteiger partial charge on any atom is 0.136 e. The lowest BCUT2D eigenvalue weighted by atomic mass is 9.79. The zero-order valence-electron chi connectivity index (χ0n) is 7.68. The van der Waals surface area contributed by atoms with E-state index in [-0.39, 0.29) is 0 Å². The van der Waals surface area contributed by atoms with Gasteiger partial charge in [-0.25, -0.2) is 0 Å². The van der Waals surface area contributed by atoms with E-state index in [2.05, 4.69) is 13.0 Å². The molecule has 0 spiro atoms. The number of hydrogen-bond acceptors (Lipinski definition) is 1. The Bertz CT molecular complexity index is 227. The third-order valence-electron chi connectivity index (χ3n) is 3.43. The number of Topliss-reactive ketones (excluding diaryl/α,β-unsaturated/α-hetero) is 1. The number of hydrogen-bond donors (Lipinski definition) is 0. The fourth-order valence-electron chi connectivity index (χ4n) is 2.78. The van der Waals surface area contributed by atoms with Gasteiger partial charge in [-0.2, -0.15) is 0 Å². The molecule has 0 heterocycles. The monoisotopic (exact) mass is 164 g/mol. The number of fused-ring (bicyclic) bond motifs is 1. The average molecular weight is 164 g/mol. The first-order valence-electron chi connectivity index (χ1n) is 5.00. The number of ketones is 1. The first-order valence-corrected chi connectivity index (χ1v) is 5.00. The quantitative estimate of drug-likeness (QED) is 0.503. The molecule has 2 aliphatic carbocycles. The summed E-state index contributed by atoms with van der Waals surface area (Å²) >= 11 is 0. The summed E-state index contributed by atoms with van der Waals surface area (Å²) in [6.45, 7) is 2.11. The summed E-state index contributed by atoms with van der Waals surface area (Å²) in [5, 5.41) is 0. The van der Waals surface area contributed by atoms with Crippen molar-refractivity contribution < 1.29 is 4.79 Å². The van der Waals surface area contributed by atoms with E-state index in [0.29, 0.717) is 17.6 Å². The first-order chi connectivity index (χ1) is 5.83. The highest BCUT2D eigenvalue weighted by molar-refractivity contribution is 5.83. The number of carbonyl (C=O) groups is 1. The number of allylic oxidation sites excluding steroid dienone is 2. The molecule has 0 aromatic heterocycles. The normalized spacial score (nSPS) is 38.8. The van der Waals surface area contributed by atoms with Crippen LogP contribution in [-0.2, 0) is 4.79 Å². The summed E-state index contributed by atoms with van der Waals surface area (Å²) in [5.74, 6) is 1.57. The van der Waals surface area contributed by atoms with Crippen LogP contribution >= 0.6 is 0 Å². The molecular formula is C11H16O. The van der Waals surface area contributed by atoms with E-state index in [1.54, 1.807) is 5.57 Å². The van der Waals surface area contributed by atoms with E-state index in [4.69, 9.17) is 0 Å². The maximum absolute atomic E-state index is 11.5. The Morgan fingerprint density at radius 1 is 1.25 bits per heavy atom. The van der Waals surface area contributed by atoms with Crippen molar-refractivity contribution in [2.45, 2.75) is 39.0 Å². The minimum atomic E-state index is 0.407. The van der Waals surface area contributed by atoms with Gasteiger partial charge in [0.25, 0.3) is 0 Å². The lowest BCUT2D eigenvalue weighted by molar-refractivity contribution is -0.125. The van der Waals surface area contributed by atoms with Crippen LogP contribution < -0.4 is 0 Å². The highest BCUT2D eigenvalue weighted by atomic mass is 16.1. The van der Waals surface area contributed by atoms with Crippen LogP contribution in [0.3, 0.4) is 0 Å². The molecule has 12 heavy (non-hydrogen) atoms. The zero-order valence-corrected chi connectivity index (χ0v) is 7.68. The van der Waals surface area contributed by atoms with Gasteiger partial charge in [-0.3, -0.25) is 4.79 Å². The summed E-state index contributed by atoms with van der Waals surface area (Å²) in [7, 11) is 0. The van der Waals surface area contributed by atoms with Crippen LogP contribution in [0.15, 0.2) is 11.6 Å². The van der Waals surface area contributed by atoms with Gasteiger partial charge in [0.1, 0.15) is 5.78 Å².